The second kappa shape index (κ2) is 9.51. The average molecular weight is 368 g/mol. The van der Waals surface area contributed by atoms with E-state index in [9.17, 15) is 4.79 Å². The van der Waals surface area contributed by atoms with Gasteiger partial charge in [-0.3, -0.25) is 14.7 Å². The molecule has 0 bridgehead atoms. The molecule has 0 N–H and O–H groups in total. The van der Waals surface area contributed by atoms with E-state index < -0.39 is 0 Å². The van der Waals surface area contributed by atoms with Gasteiger partial charge in [0.05, 0.1) is 25.5 Å². The van der Waals surface area contributed by atoms with Crippen LogP contribution in [0, 0.1) is 12.8 Å². The summed E-state index contributed by atoms with van der Waals surface area (Å²) in [5.74, 6) is 1.36. The molecule has 0 aliphatic carbocycles. The third-order valence-electron chi connectivity index (χ3n) is 5.04. The van der Waals surface area contributed by atoms with Crippen LogP contribution in [0.3, 0.4) is 0 Å². The van der Waals surface area contributed by atoms with Gasteiger partial charge >= 0.3 is 5.97 Å². The van der Waals surface area contributed by atoms with Crippen molar-refractivity contribution in [2.75, 3.05) is 32.8 Å². The third-order valence-corrected chi connectivity index (χ3v) is 5.04. The van der Waals surface area contributed by atoms with E-state index in [-0.39, 0.29) is 5.97 Å². The summed E-state index contributed by atoms with van der Waals surface area (Å²) in [6.45, 7) is 7.34. The Hall–Kier alpha value is -2.40. The molecule has 0 amide bonds. The number of rotatable bonds is 8. The minimum Gasteiger partial charge on any atom is -0.493 e. The van der Waals surface area contributed by atoms with Gasteiger partial charge in [-0.1, -0.05) is 18.2 Å². The maximum Gasteiger partial charge on any atom is 0.320 e. The lowest BCUT2D eigenvalue weighted by atomic mass is 10.0. The summed E-state index contributed by atoms with van der Waals surface area (Å²) >= 11 is 0. The predicted molar refractivity (Wildman–Crippen MR) is 106 cm³/mol. The van der Waals surface area contributed by atoms with Crippen LogP contribution in [0.25, 0.3) is 11.3 Å². The number of pyridine rings is 1. The van der Waals surface area contributed by atoms with Crippen molar-refractivity contribution in [1.82, 2.24) is 9.88 Å². The highest BCUT2D eigenvalue weighted by molar-refractivity contribution is 5.71. The largest absolute Gasteiger partial charge is 0.493 e. The van der Waals surface area contributed by atoms with E-state index in [4.69, 9.17) is 9.47 Å². The summed E-state index contributed by atoms with van der Waals surface area (Å²) in [4.78, 5) is 18.2. The lowest BCUT2D eigenvalue weighted by Gasteiger charge is -2.16. The van der Waals surface area contributed by atoms with Crippen LogP contribution in [0.15, 0.2) is 42.6 Å². The summed E-state index contributed by atoms with van der Waals surface area (Å²) < 4.78 is 11.1. The molecule has 2 aromatic rings. The van der Waals surface area contributed by atoms with E-state index in [1.807, 2.05) is 43.5 Å². The van der Waals surface area contributed by atoms with Gasteiger partial charge in [-0.25, -0.2) is 0 Å². The van der Waals surface area contributed by atoms with Gasteiger partial charge in [0.1, 0.15) is 5.75 Å². The molecule has 5 nitrogen and oxygen atoms in total. The zero-order valence-corrected chi connectivity index (χ0v) is 16.2. The fraction of sp³-hybridized carbons (Fsp3) is 0.455. The molecule has 27 heavy (non-hydrogen) atoms. The van der Waals surface area contributed by atoms with Crippen molar-refractivity contribution in [3.8, 4) is 17.0 Å². The Morgan fingerprint density at radius 3 is 2.93 bits per heavy atom. The van der Waals surface area contributed by atoms with Crippen molar-refractivity contribution in [1.29, 1.82) is 0 Å². The molecule has 1 fully saturated rings. The molecule has 0 saturated carbocycles. The van der Waals surface area contributed by atoms with Gasteiger partial charge in [-0.15, -0.1) is 0 Å². The van der Waals surface area contributed by atoms with E-state index in [2.05, 4.69) is 22.9 Å². The van der Waals surface area contributed by atoms with Crippen LogP contribution < -0.4 is 4.74 Å². The molecule has 1 saturated heterocycles. The fourth-order valence-electron chi connectivity index (χ4n) is 3.59. The Labute approximate surface area is 161 Å². The smallest absolute Gasteiger partial charge is 0.320 e. The van der Waals surface area contributed by atoms with Gasteiger partial charge in [0.15, 0.2) is 0 Å². The molecule has 0 spiro atoms. The van der Waals surface area contributed by atoms with Gasteiger partial charge in [-0.05, 0) is 57.4 Å². The maximum absolute atomic E-state index is 11.6. The minimum absolute atomic E-state index is 0.128. The first-order chi connectivity index (χ1) is 13.2. The monoisotopic (exact) mass is 368 g/mol. The molecule has 0 unspecified atom stereocenters. The Morgan fingerprint density at radius 2 is 2.15 bits per heavy atom. The highest BCUT2D eigenvalue weighted by atomic mass is 16.5. The number of carbonyl (C=O) groups is 1. The molecule has 1 aliphatic heterocycles. The maximum atomic E-state index is 11.6. The van der Waals surface area contributed by atoms with Gasteiger partial charge in [0.25, 0.3) is 0 Å². The molecule has 1 aliphatic rings. The molecule has 5 heteroatoms. The van der Waals surface area contributed by atoms with Crippen LogP contribution in [-0.2, 0) is 9.53 Å². The average Bonchev–Trinajstić information content (AvgIpc) is 3.11. The SMILES string of the molecule is CCOC(=O)CN1CC[C@@H](CCOc2cccc(-c3ccccn3)c2C)C1. The number of benzene rings is 1. The topological polar surface area (TPSA) is 51.7 Å². The van der Waals surface area contributed by atoms with E-state index in [0.29, 0.717) is 25.7 Å². The standard InChI is InChI=1S/C22H28N2O3/c1-3-26-22(25)16-24-13-10-18(15-24)11-14-27-21-9-6-7-19(17(21)2)20-8-4-5-12-23-20/h4-9,12,18H,3,10-11,13-16H2,1-2H3/t18-/m0/s1. The van der Waals surface area contributed by atoms with E-state index in [1.54, 1.807) is 0 Å². The molecule has 2 heterocycles. The van der Waals surface area contributed by atoms with Crippen molar-refractivity contribution in [2.45, 2.75) is 26.7 Å². The van der Waals surface area contributed by atoms with Gasteiger partial charge in [0, 0.05) is 23.9 Å². The lowest BCUT2D eigenvalue weighted by Crippen LogP contribution is -2.29. The molecule has 144 valence electrons. The van der Waals surface area contributed by atoms with Crippen molar-refractivity contribution in [3.63, 3.8) is 0 Å². The Kier molecular flexibility index (Phi) is 6.82. The third kappa shape index (κ3) is 5.30. The lowest BCUT2D eigenvalue weighted by molar-refractivity contribution is -0.144. The van der Waals surface area contributed by atoms with Crippen LogP contribution >= 0.6 is 0 Å². The van der Waals surface area contributed by atoms with Crippen molar-refractivity contribution >= 4 is 5.97 Å². The second-order valence-corrected chi connectivity index (χ2v) is 6.98. The Balaban J connectivity index is 1.49. The van der Waals surface area contributed by atoms with Gasteiger partial charge < -0.3 is 9.47 Å². The summed E-state index contributed by atoms with van der Waals surface area (Å²) in [6, 6.07) is 12.0. The molecule has 1 aromatic heterocycles. The number of carbonyl (C=O) groups excluding carboxylic acids is 1. The van der Waals surface area contributed by atoms with Crippen LogP contribution in [0.5, 0.6) is 5.75 Å². The van der Waals surface area contributed by atoms with Gasteiger partial charge in [0.2, 0.25) is 0 Å². The number of likely N-dealkylation sites (tertiary alicyclic amines) is 1. The summed E-state index contributed by atoms with van der Waals surface area (Å²) in [5.41, 5.74) is 3.19. The van der Waals surface area contributed by atoms with Crippen LogP contribution in [0.4, 0.5) is 0 Å². The first kappa shape index (κ1) is 19.4. The normalized spacial score (nSPS) is 17.0. The van der Waals surface area contributed by atoms with E-state index >= 15 is 0 Å². The summed E-state index contributed by atoms with van der Waals surface area (Å²) in [5, 5.41) is 0. The molecule has 3 rings (SSSR count). The van der Waals surface area contributed by atoms with E-state index in [1.165, 1.54) is 0 Å². The first-order valence-electron chi connectivity index (χ1n) is 9.69. The Morgan fingerprint density at radius 1 is 1.26 bits per heavy atom. The van der Waals surface area contributed by atoms with Crippen LogP contribution in [-0.4, -0.2) is 48.7 Å². The zero-order valence-electron chi connectivity index (χ0n) is 16.2. The quantitative estimate of drug-likeness (QED) is 0.665. The molecular weight excluding hydrogens is 340 g/mol. The second-order valence-electron chi connectivity index (χ2n) is 6.98. The number of ether oxygens (including phenoxy) is 2. The number of hydrogen-bond donors (Lipinski definition) is 0. The van der Waals surface area contributed by atoms with Crippen molar-refractivity contribution < 1.29 is 14.3 Å². The zero-order chi connectivity index (χ0) is 19.1. The first-order valence-corrected chi connectivity index (χ1v) is 9.69. The summed E-state index contributed by atoms with van der Waals surface area (Å²) in [7, 11) is 0. The molecule has 1 aromatic carbocycles. The van der Waals surface area contributed by atoms with E-state index in [0.717, 1.165) is 48.5 Å². The molecule has 0 radical (unpaired) electrons. The highest BCUT2D eigenvalue weighted by Gasteiger charge is 2.24. The Bertz CT molecular complexity index is 748. The van der Waals surface area contributed by atoms with Crippen LogP contribution in [0.1, 0.15) is 25.3 Å². The summed E-state index contributed by atoms with van der Waals surface area (Å²) in [6.07, 6.45) is 3.91. The number of aromatic nitrogens is 1. The highest BCUT2D eigenvalue weighted by Crippen LogP contribution is 2.29. The number of esters is 1. The van der Waals surface area contributed by atoms with Crippen molar-refractivity contribution in [2.24, 2.45) is 5.92 Å². The predicted octanol–water partition coefficient (Wildman–Crippen LogP) is 3.71. The van der Waals surface area contributed by atoms with Crippen LogP contribution in [0.2, 0.25) is 0 Å². The van der Waals surface area contributed by atoms with Gasteiger partial charge in [-0.2, -0.15) is 0 Å². The molecule has 1 atom stereocenters. The van der Waals surface area contributed by atoms with Crippen molar-refractivity contribution in [3.05, 3.63) is 48.2 Å². The molecular formula is C22H28N2O3. The number of hydrogen-bond acceptors (Lipinski definition) is 5. The number of nitrogens with zero attached hydrogens (tertiary/aromatic N) is 2. The minimum atomic E-state index is -0.128. The fourth-order valence-corrected chi connectivity index (χ4v) is 3.59.